The maximum atomic E-state index is 12.8. The van der Waals surface area contributed by atoms with Crippen molar-refractivity contribution in [2.45, 2.75) is 6.92 Å². The molecule has 0 fully saturated rings. The lowest BCUT2D eigenvalue weighted by molar-refractivity contribution is 0.0529. The van der Waals surface area contributed by atoms with E-state index in [1.165, 1.54) is 22.9 Å². The SMILES string of the molecule is CCOC(=O)c1c(-c2ccccc2)csc1NC(=O)c1ccc2snnc2c1. The van der Waals surface area contributed by atoms with Crippen molar-refractivity contribution in [1.29, 1.82) is 0 Å². The average molecular weight is 409 g/mol. The minimum atomic E-state index is -0.461. The van der Waals surface area contributed by atoms with E-state index in [2.05, 4.69) is 14.9 Å². The number of nitrogens with zero attached hydrogens (tertiary/aromatic N) is 2. The highest BCUT2D eigenvalue weighted by Crippen LogP contribution is 2.36. The molecule has 0 saturated carbocycles. The summed E-state index contributed by atoms with van der Waals surface area (Å²) in [5, 5.41) is 9.16. The Morgan fingerprint density at radius 1 is 1.14 bits per heavy atom. The number of hydrogen-bond acceptors (Lipinski definition) is 7. The van der Waals surface area contributed by atoms with Crippen LogP contribution in [0.1, 0.15) is 27.6 Å². The van der Waals surface area contributed by atoms with Crippen LogP contribution in [0, 0.1) is 0 Å². The second-order valence-electron chi connectivity index (χ2n) is 5.85. The number of carbonyl (C=O) groups excluding carboxylic acids is 2. The summed E-state index contributed by atoms with van der Waals surface area (Å²) in [5.74, 6) is -0.779. The fraction of sp³-hybridized carbons (Fsp3) is 0.100. The Bertz CT molecular complexity index is 1150. The van der Waals surface area contributed by atoms with Crippen LogP contribution in [0.4, 0.5) is 5.00 Å². The molecule has 28 heavy (non-hydrogen) atoms. The molecule has 0 radical (unpaired) electrons. The molecule has 140 valence electrons. The van der Waals surface area contributed by atoms with Crippen LogP contribution in [-0.4, -0.2) is 28.1 Å². The number of aromatic nitrogens is 2. The van der Waals surface area contributed by atoms with Crippen LogP contribution >= 0.6 is 22.9 Å². The summed E-state index contributed by atoms with van der Waals surface area (Å²) in [6.07, 6.45) is 0. The normalized spacial score (nSPS) is 10.8. The molecule has 1 amide bonds. The molecule has 2 heterocycles. The molecule has 0 saturated heterocycles. The number of rotatable bonds is 5. The first kappa shape index (κ1) is 18.3. The summed E-state index contributed by atoms with van der Waals surface area (Å²) < 4.78 is 10.0. The Morgan fingerprint density at radius 3 is 2.75 bits per heavy atom. The molecule has 0 atom stereocenters. The molecule has 0 unspecified atom stereocenters. The topological polar surface area (TPSA) is 81.2 Å². The van der Waals surface area contributed by atoms with Gasteiger partial charge >= 0.3 is 5.97 Å². The van der Waals surface area contributed by atoms with Gasteiger partial charge in [-0.05, 0) is 42.2 Å². The van der Waals surface area contributed by atoms with E-state index in [1.807, 2.05) is 41.8 Å². The first-order valence-corrected chi connectivity index (χ1v) is 10.2. The van der Waals surface area contributed by atoms with Gasteiger partial charge in [-0.25, -0.2) is 4.79 Å². The van der Waals surface area contributed by atoms with Crippen LogP contribution < -0.4 is 5.32 Å². The zero-order valence-corrected chi connectivity index (χ0v) is 16.5. The number of fused-ring (bicyclic) bond motifs is 1. The fourth-order valence-corrected chi connectivity index (χ4v) is 4.27. The number of hydrogen-bond donors (Lipinski definition) is 1. The number of nitrogens with one attached hydrogen (secondary N) is 1. The summed E-state index contributed by atoms with van der Waals surface area (Å²) in [5.41, 5.74) is 3.10. The lowest BCUT2D eigenvalue weighted by Gasteiger charge is -2.09. The number of thiophene rings is 1. The van der Waals surface area contributed by atoms with Crippen molar-refractivity contribution in [3.63, 3.8) is 0 Å². The van der Waals surface area contributed by atoms with Crippen molar-refractivity contribution in [2.24, 2.45) is 0 Å². The zero-order valence-electron chi connectivity index (χ0n) is 14.8. The number of esters is 1. The van der Waals surface area contributed by atoms with Crippen molar-refractivity contribution in [2.75, 3.05) is 11.9 Å². The minimum absolute atomic E-state index is 0.254. The van der Waals surface area contributed by atoms with Crippen LogP contribution in [-0.2, 0) is 4.74 Å². The lowest BCUT2D eigenvalue weighted by Crippen LogP contribution is -2.14. The monoisotopic (exact) mass is 409 g/mol. The lowest BCUT2D eigenvalue weighted by atomic mass is 10.0. The van der Waals surface area contributed by atoms with Gasteiger partial charge in [0.25, 0.3) is 5.91 Å². The third kappa shape index (κ3) is 3.51. The van der Waals surface area contributed by atoms with E-state index >= 15 is 0 Å². The number of benzene rings is 2. The standard InChI is InChI=1S/C20H15N3O3S2/c1-2-26-20(25)17-14(12-6-4-3-5-7-12)11-27-19(17)21-18(24)13-8-9-16-15(10-13)22-23-28-16/h3-11H,2H2,1H3,(H,21,24). The van der Waals surface area contributed by atoms with Gasteiger partial charge < -0.3 is 10.1 Å². The number of amides is 1. The van der Waals surface area contributed by atoms with E-state index in [0.717, 1.165) is 15.8 Å². The van der Waals surface area contributed by atoms with Gasteiger partial charge in [-0.15, -0.1) is 16.4 Å². The summed E-state index contributed by atoms with van der Waals surface area (Å²) in [6, 6.07) is 14.8. The molecule has 8 heteroatoms. The first-order chi connectivity index (χ1) is 13.7. The highest BCUT2D eigenvalue weighted by molar-refractivity contribution is 7.15. The summed E-state index contributed by atoms with van der Waals surface area (Å²) in [6.45, 7) is 2.01. The van der Waals surface area contributed by atoms with Crippen molar-refractivity contribution in [1.82, 2.24) is 9.59 Å². The predicted octanol–water partition coefficient (Wildman–Crippen LogP) is 4.85. The van der Waals surface area contributed by atoms with Gasteiger partial charge in [0.15, 0.2) is 0 Å². The van der Waals surface area contributed by atoms with E-state index in [9.17, 15) is 9.59 Å². The predicted molar refractivity (Wildman–Crippen MR) is 111 cm³/mol. The Hall–Kier alpha value is -3.10. The maximum absolute atomic E-state index is 12.8. The van der Waals surface area contributed by atoms with Crippen molar-refractivity contribution in [3.8, 4) is 11.1 Å². The van der Waals surface area contributed by atoms with Gasteiger partial charge in [-0.3, -0.25) is 4.79 Å². The highest BCUT2D eigenvalue weighted by Gasteiger charge is 2.23. The molecule has 1 N–H and O–H groups in total. The van der Waals surface area contributed by atoms with Crippen LogP contribution in [0.3, 0.4) is 0 Å². The molecule has 0 aliphatic carbocycles. The highest BCUT2D eigenvalue weighted by atomic mass is 32.1. The molecule has 2 aromatic heterocycles. The third-order valence-electron chi connectivity index (χ3n) is 4.09. The Labute approximate surface area is 169 Å². The summed E-state index contributed by atoms with van der Waals surface area (Å²) >= 11 is 2.57. The van der Waals surface area contributed by atoms with Crippen molar-refractivity contribution >= 4 is 50.0 Å². The van der Waals surface area contributed by atoms with Crippen LogP contribution in [0.2, 0.25) is 0 Å². The van der Waals surface area contributed by atoms with Gasteiger partial charge in [0, 0.05) is 16.5 Å². The Kier molecular flexibility index (Phi) is 5.14. The van der Waals surface area contributed by atoms with E-state index in [1.54, 1.807) is 19.1 Å². The fourth-order valence-electron chi connectivity index (χ4n) is 2.78. The molecular weight excluding hydrogens is 394 g/mol. The summed E-state index contributed by atoms with van der Waals surface area (Å²) in [7, 11) is 0. The third-order valence-corrected chi connectivity index (χ3v) is 5.69. The Balaban J connectivity index is 1.69. The van der Waals surface area contributed by atoms with Gasteiger partial charge in [0.05, 0.1) is 11.3 Å². The molecule has 2 aromatic carbocycles. The maximum Gasteiger partial charge on any atom is 0.341 e. The van der Waals surface area contributed by atoms with Crippen molar-refractivity contribution < 1.29 is 14.3 Å². The van der Waals surface area contributed by atoms with Gasteiger partial charge in [0.2, 0.25) is 0 Å². The van der Waals surface area contributed by atoms with Crippen LogP contribution in [0.5, 0.6) is 0 Å². The van der Waals surface area contributed by atoms with E-state index < -0.39 is 5.97 Å². The second kappa shape index (κ2) is 7.87. The van der Waals surface area contributed by atoms with E-state index in [-0.39, 0.29) is 12.5 Å². The molecule has 0 spiro atoms. The number of ether oxygens (including phenoxy) is 1. The molecular formula is C20H15N3O3S2. The second-order valence-corrected chi connectivity index (χ2v) is 7.51. The smallest absolute Gasteiger partial charge is 0.341 e. The number of carbonyl (C=O) groups is 2. The van der Waals surface area contributed by atoms with Gasteiger partial charge in [0.1, 0.15) is 16.1 Å². The van der Waals surface area contributed by atoms with Crippen molar-refractivity contribution in [3.05, 3.63) is 65.0 Å². The molecule has 0 bridgehead atoms. The molecule has 4 aromatic rings. The van der Waals surface area contributed by atoms with Gasteiger partial charge in [-0.1, -0.05) is 34.8 Å². The zero-order chi connectivity index (χ0) is 19.5. The molecule has 0 aliphatic rings. The molecule has 6 nitrogen and oxygen atoms in total. The average Bonchev–Trinajstić information content (AvgIpc) is 3.35. The number of anilines is 1. The Morgan fingerprint density at radius 2 is 1.96 bits per heavy atom. The van der Waals surface area contributed by atoms with E-state index in [4.69, 9.17) is 4.74 Å². The first-order valence-electron chi connectivity index (χ1n) is 8.55. The quantitative estimate of drug-likeness (QED) is 0.477. The van der Waals surface area contributed by atoms with Gasteiger partial charge in [-0.2, -0.15) is 0 Å². The van der Waals surface area contributed by atoms with Crippen LogP contribution in [0.25, 0.3) is 21.3 Å². The largest absolute Gasteiger partial charge is 0.462 e. The molecule has 0 aliphatic heterocycles. The van der Waals surface area contributed by atoms with Crippen LogP contribution in [0.15, 0.2) is 53.9 Å². The minimum Gasteiger partial charge on any atom is -0.462 e. The molecule has 4 rings (SSSR count). The summed E-state index contributed by atoms with van der Waals surface area (Å²) in [4.78, 5) is 25.4. The van der Waals surface area contributed by atoms with E-state index in [0.29, 0.717) is 21.6 Å².